The molecule has 28 heavy (non-hydrogen) atoms. The number of allylic oxidation sites excluding steroid dienone is 2. The number of nitrogens with zero attached hydrogens (tertiary/aromatic N) is 1. The van der Waals surface area contributed by atoms with Crippen LogP contribution in [-0.4, -0.2) is 18.8 Å². The largest absolute Gasteiger partial charge is 0.497 e. The zero-order valence-electron chi connectivity index (χ0n) is 16.6. The lowest BCUT2D eigenvalue weighted by Crippen LogP contribution is -2.41. The molecule has 0 radical (unpaired) electrons. The molecule has 2 aliphatic rings. The monoisotopic (exact) mass is 375 g/mol. The second-order valence-electron chi connectivity index (χ2n) is 7.64. The summed E-state index contributed by atoms with van der Waals surface area (Å²) >= 11 is 0. The van der Waals surface area contributed by atoms with Gasteiger partial charge in [-0.05, 0) is 55.5 Å². The first-order valence-electron chi connectivity index (χ1n) is 9.80. The van der Waals surface area contributed by atoms with Gasteiger partial charge in [0, 0.05) is 30.0 Å². The van der Waals surface area contributed by atoms with Gasteiger partial charge in [0.1, 0.15) is 5.75 Å². The van der Waals surface area contributed by atoms with Crippen LogP contribution in [0.2, 0.25) is 0 Å². The highest BCUT2D eigenvalue weighted by molar-refractivity contribution is 6.08. The van der Waals surface area contributed by atoms with Crippen molar-refractivity contribution < 1.29 is 14.3 Å². The molecule has 0 spiro atoms. The molecule has 0 N–H and O–H groups in total. The summed E-state index contributed by atoms with van der Waals surface area (Å²) in [7, 11) is 1.63. The Bertz CT molecular complexity index is 969. The van der Waals surface area contributed by atoms with E-state index in [2.05, 4.69) is 0 Å². The number of rotatable bonds is 3. The van der Waals surface area contributed by atoms with E-state index < -0.39 is 0 Å². The molecular weight excluding hydrogens is 350 g/mol. The number of anilines is 1. The van der Waals surface area contributed by atoms with Crippen molar-refractivity contribution in [1.29, 1.82) is 0 Å². The number of ketones is 1. The van der Waals surface area contributed by atoms with Gasteiger partial charge in [-0.2, -0.15) is 0 Å². The first-order chi connectivity index (χ1) is 13.5. The topological polar surface area (TPSA) is 46.6 Å². The minimum Gasteiger partial charge on any atom is -0.497 e. The second kappa shape index (κ2) is 7.27. The smallest absolute Gasteiger partial charge is 0.232 e. The van der Waals surface area contributed by atoms with E-state index in [0.717, 1.165) is 52.2 Å². The maximum Gasteiger partial charge on any atom is 0.232 e. The Kier molecular flexibility index (Phi) is 4.80. The number of para-hydroxylation sites is 1. The third-order valence-corrected chi connectivity index (χ3v) is 5.83. The first-order valence-corrected chi connectivity index (χ1v) is 9.80. The summed E-state index contributed by atoms with van der Waals surface area (Å²) in [5, 5.41) is 0. The van der Waals surface area contributed by atoms with Crippen LogP contribution >= 0.6 is 0 Å². The van der Waals surface area contributed by atoms with Crippen LogP contribution in [0, 0.1) is 13.8 Å². The molecule has 0 fully saturated rings. The third kappa shape index (κ3) is 3.03. The summed E-state index contributed by atoms with van der Waals surface area (Å²) in [6, 6.07) is 13.8. The molecule has 1 aliphatic carbocycles. The number of hydrogen-bond donors (Lipinski definition) is 0. The van der Waals surface area contributed by atoms with Crippen molar-refractivity contribution in [3.63, 3.8) is 0 Å². The number of benzene rings is 2. The molecule has 144 valence electrons. The van der Waals surface area contributed by atoms with Crippen LogP contribution in [0.3, 0.4) is 0 Å². The van der Waals surface area contributed by atoms with Crippen LogP contribution in [0.1, 0.15) is 48.3 Å². The van der Waals surface area contributed by atoms with Gasteiger partial charge in [-0.25, -0.2) is 0 Å². The Labute approximate surface area is 165 Å². The highest BCUT2D eigenvalue weighted by atomic mass is 16.5. The summed E-state index contributed by atoms with van der Waals surface area (Å²) in [5.41, 5.74) is 5.70. The van der Waals surface area contributed by atoms with Crippen molar-refractivity contribution in [2.75, 3.05) is 12.0 Å². The fraction of sp³-hybridized carbons (Fsp3) is 0.333. The van der Waals surface area contributed by atoms with Gasteiger partial charge in [0.05, 0.1) is 12.8 Å². The Balaban J connectivity index is 1.90. The summed E-state index contributed by atoms with van der Waals surface area (Å²) in [5.74, 6) is 0.759. The number of hydrogen-bond acceptors (Lipinski definition) is 3. The van der Waals surface area contributed by atoms with E-state index in [4.69, 9.17) is 4.74 Å². The van der Waals surface area contributed by atoms with Gasteiger partial charge in [-0.1, -0.05) is 30.3 Å². The molecule has 4 heteroatoms. The lowest BCUT2D eigenvalue weighted by molar-refractivity contribution is -0.119. The number of amides is 1. The highest BCUT2D eigenvalue weighted by Gasteiger charge is 2.40. The molecule has 1 heterocycles. The fourth-order valence-corrected chi connectivity index (χ4v) is 4.55. The minimum absolute atomic E-state index is 0.0543. The molecule has 4 rings (SSSR count). The van der Waals surface area contributed by atoms with Gasteiger partial charge in [-0.3, -0.25) is 14.5 Å². The molecule has 0 aromatic heterocycles. The number of aryl methyl sites for hydroxylation is 2. The van der Waals surface area contributed by atoms with Crippen LogP contribution in [-0.2, 0) is 9.59 Å². The van der Waals surface area contributed by atoms with Crippen LogP contribution in [0.4, 0.5) is 5.69 Å². The predicted molar refractivity (Wildman–Crippen MR) is 110 cm³/mol. The standard InChI is InChI=1S/C24H25NO3/c1-15-7-4-8-16(2)24(15)25-20-11-6-12-21(26)23(20)19(14-22(25)27)17-9-5-10-18(13-17)28-3/h4-5,7-10,13,19H,6,11-12,14H2,1-3H3. The average Bonchev–Trinajstić information content (AvgIpc) is 2.69. The quantitative estimate of drug-likeness (QED) is 0.771. The molecule has 1 amide bonds. The maximum atomic E-state index is 13.3. The van der Waals surface area contributed by atoms with E-state index >= 15 is 0 Å². The van der Waals surface area contributed by atoms with Crippen LogP contribution in [0.5, 0.6) is 5.75 Å². The molecule has 0 saturated heterocycles. The first kappa shape index (κ1) is 18.5. The zero-order chi connectivity index (χ0) is 19.8. The molecule has 1 atom stereocenters. The normalized spacial score (nSPS) is 19.7. The van der Waals surface area contributed by atoms with Crippen molar-refractivity contribution in [3.05, 3.63) is 70.4 Å². The van der Waals surface area contributed by atoms with Gasteiger partial charge in [0.2, 0.25) is 5.91 Å². The van der Waals surface area contributed by atoms with E-state index in [1.807, 2.05) is 61.2 Å². The van der Waals surface area contributed by atoms with Crippen LogP contribution < -0.4 is 9.64 Å². The number of carbonyl (C=O) groups excluding carboxylic acids is 2. The van der Waals surface area contributed by atoms with E-state index in [-0.39, 0.29) is 17.6 Å². The summed E-state index contributed by atoms with van der Waals surface area (Å²) in [4.78, 5) is 28.2. The Morgan fingerprint density at radius 2 is 1.71 bits per heavy atom. The molecule has 4 nitrogen and oxygen atoms in total. The molecule has 1 unspecified atom stereocenters. The van der Waals surface area contributed by atoms with E-state index in [1.54, 1.807) is 7.11 Å². The van der Waals surface area contributed by atoms with Gasteiger partial charge in [0.25, 0.3) is 0 Å². The SMILES string of the molecule is COc1cccc(C2CC(=O)N(c3c(C)cccc3C)C3=C2C(=O)CCC3)c1. The van der Waals surface area contributed by atoms with Crippen molar-refractivity contribution in [1.82, 2.24) is 0 Å². The van der Waals surface area contributed by atoms with E-state index in [1.165, 1.54) is 0 Å². The van der Waals surface area contributed by atoms with E-state index in [9.17, 15) is 9.59 Å². The zero-order valence-corrected chi connectivity index (χ0v) is 16.6. The maximum absolute atomic E-state index is 13.3. The van der Waals surface area contributed by atoms with Gasteiger partial charge < -0.3 is 4.74 Å². The number of ether oxygens (including phenoxy) is 1. The number of methoxy groups -OCH3 is 1. The van der Waals surface area contributed by atoms with Crippen molar-refractivity contribution in [2.45, 2.75) is 45.4 Å². The summed E-state index contributed by atoms with van der Waals surface area (Å²) in [6.07, 6.45) is 2.39. The van der Waals surface area contributed by atoms with Crippen LogP contribution in [0.15, 0.2) is 53.7 Å². The molecule has 2 aromatic rings. The summed E-state index contributed by atoms with van der Waals surface area (Å²) in [6.45, 7) is 4.04. The molecule has 2 aromatic carbocycles. The number of carbonyl (C=O) groups is 2. The van der Waals surface area contributed by atoms with Crippen molar-refractivity contribution in [2.24, 2.45) is 0 Å². The highest BCUT2D eigenvalue weighted by Crippen LogP contribution is 2.45. The molecular formula is C24H25NO3. The Morgan fingerprint density at radius 3 is 2.43 bits per heavy atom. The lowest BCUT2D eigenvalue weighted by atomic mass is 9.77. The fourth-order valence-electron chi connectivity index (χ4n) is 4.55. The molecule has 0 saturated carbocycles. The predicted octanol–water partition coefficient (Wildman–Crippen LogP) is 4.84. The lowest BCUT2D eigenvalue weighted by Gasteiger charge is -2.39. The number of Topliss-reactive ketones (excluding diaryl/α,β-unsaturated/α-hetero) is 1. The van der Waals surface area contributed by atoms with Gasteiger partial charge in [0.15, 0.2) is 5.78 Å². The minimum atomic E-state index is -0.203. The third-order valence-electron chi connectivity index (χ3n) is 5.83. The Morgan fingerprint density at radius 1 is 1.00 bits per heavy atom. The molecule has 1 aliphatic heterocycles. The summed E-state index contributed by atoms with van der Waals surface area (Å²) < 4.78 is 5.36. The molecule has 0 bridgehead atoms. The Hall–Kier alpha value is -2.88. The van der Waals surface area contributed by atoms with Gasteiger partial charge in [-0.15, -0.1) is 0 Å². The van der Waals surface area contributed by atoms with Crippen molar-refractivity contribution in [3.8, 4) is 5.75 Å². The second-order valence-corrected chi connectivity index (χ2v) is 7.64. The van der Waals surface area contributed by atoms with Gasteiger partial charge >= 0.3 is 0 Å². The van der Waals surface area contributed by atoms with Crippen LogP contribution in [0.25, 0.3) is 0 Å². The average molecular weight is 375 g/mol. The van der Waals surface area contributed by atoms with E-state index in [0.29, 0.717) is 12.8 Å². The van der Waals surface area contributed by atoms with Crippen molar-refractivity contribution >= 4 is 17.4 Å².